The molecule has 1 saturated carbocycles. The van der Waals surface area contributed by atoms with E-state index in [0.717, 1.165) is 18.3 Å². The maximum atomic E-state index is 5.82. The average molecular weight is 359 g/mol. The second kappa shape index (κ2) is 8.52. The molecule has 3 N–H and O–H groups in total. The standard InChI is InChI=1S/C16H27BrN2S/c1-2-3-4-12-5-7-13(8-6-12)15(19-18)11-14-9-10-16(17)20-14/h9-10,12-13,15,19H,2-8,11,18H2,1H3. The predicted octanol–water partition coefficient (Wildman–Crippen LogP) is 4.88. The highest BCUT2D eigenvalue weighted by Gasteiger charge is 2.27. The van der Waals surface area contributed by atoms with Crippen LogP contribution in [0.1, 0.15) is 56.7 Å². The van der Waals surface area contributed by atoms with Crippen molar-refractivity contribution in [2.75, 3.05) is 0 Å². The molecular weight excluding hydrogens is 332 g/mol. The van der Waals surface area contributed by atoms with Crippen molar-refractivity contribution in [3.05, 3.63) is 20.8 Å². The summed E-state index contributed by atoms with van der Waals surface area (Å²) in [7, 11) is 0. The highest BCUT2D eigenvalue weighted by atomic mass is 79.9. The monoisotopic (exact) mass is 358 g/mol. The molecule has 1 aliphatic rings. The number of hydrogen-bond donors (Lipinski definition) is 2. The molecule has 0 aromatic carbocycles. The lowest BCUT2D eigenvalue weighted by Gasteiger charge is -2.33. The molecule has 1 fully saturated rings. The molecule has 4 heteroatoms. The Morgan fingerprint density at radius 3 is 2.65 bits per heavy atom. The first-order valence-electron chi connectivity index (χ1n) is 7.93. The highest BCUT2D eigenvalue weighted by Crippen LogP contribution is 2.35. The van der Waals surface area contributed by atoms with Crippen LogP contribution in [0.25, 0.3) is 0 Å². The van der Waals surface area contributed by atoms with Crippen LogP contribution in [0.3, 0.4) is 0 Å². The smallest absolute Gasteiger partial charge is 0.0701 e. The summed E-state index contributed by atoms with van der Waals surface area (Å²) in [6, 6.07) is 4.79. The third kappa shape index (κ3) is 4.83. The molecule has 20 heavy (non-hydrogen) atoms. The zero-order chi connectivity index (χ0) is 14.4. The molecule has 0 radical (unpaired) electrons. The third-order valence-electron chi connectivity index (χ3n) is 4.69. The minimum absolute atomic E-state index is 0.438. The van der Waals surface area contributed by atoms with Gasteiger partial charge in [-0.25, -0.2) is 0 Å². The average Bonchev–Trinajstić information content (AvgIpc) is 2.88. The Bertz CT molecular complexity index is 386. The first-order chi connectivity index (χ1) is 9.72. The Hall–Kier alpha value is 0.1000. The van der Waals surface area contributed by atoms with E-state index in [0.29, 0.717) is 6.04 Å². The Labute approximate surface area is 135 Å². The minimum Gasteiger partial charge on any atom is -0.271 e. The summed E-state index contributed by atoms with van der Waals surface area (Å²) in [5.74, 6) is 7.54. The quantitative estimate of drug-likeness (QED) is 0.538. The van der Waals surface area contributed by atoms with Crippen LogP contribution in [-0.4, -0.2) is 6.04 Å². The number of hydrazine groups is 1. The van der Waals surface area contributed by atoms with Crippen molar-refractivity contribution in [2.24, 2.45) is 17.7 Å². The van der Waals surface area contributed by atoms with Gasteiger partial charge in [0.25, 0.3) is 0 Å². The number of halogens is 1. The van der Waals surface area contributed by atoms with E-state index in [2.05, 4.69) is 40.4 Å². The largest absolute Gasteiger partial charge is 0.271 e. The lowest BCUT2D eigenvalue weighted by molar-refractivity contribution is 0.212. The second-order valence-corrected chi connectivity index (χ2v) is 8.65. The normalized spacial score (nSPS) is 24.8. The van der Waals surface area contributed by atoms with Crippen LogP contribution >= 0.6 is 27.3 Å². The van der Waals surface area contributed by atoms with Gasteiger partial charge in [0.1, 0.15) is 0 Å². The van der Waals surface area contributed by atoms with Crippen LogP contribution < -0.4 is 11.3 Å². The van der Waals surface area contributed by atoms with Gasteiger partial charge in [-0.3, -0.25) is 11.3 Å². The molecule has 1 aromatic rings. The van der Waals surface area contributed by atoms with Gasteiger partial charge in [-0.15, -0.1) is 11.3 Å². The lowest BCUT2D eigenvalue weighted by Crippen LogP contribution is -2.43. The maximum absolute atomic E-state index is 5.82. The molecule has 1 heterocycles. The van der Waals surface area contributed by atoms with Crippen molar-refractivity contribution in [1.29, 1.82) is 0 Å². The van der Waals surface area contributed by atoms with E-state index < -0.39 is 0 Å². The van der Waals surface area contributed by atoms with Crippen LogP contribution in [-0.2, 0) is 6.42 Å². The summed E-state index contributed by atoms with van der Waals surface area (Å²) in [6.07, 6.45) is 10.7. The number of hydrogen-bond acceptors (Lipinski definition) is 3. The summed E-state index contributed by atoms with van der Waals surface area (Å²) in [5.41, 5.74) is 3.08. The fourth-order valence-electron chi connectivity index (χ4n) is 3.41. The zero-order valence-electron chi connectivity index (χ0n) is 12.4. The molecule has 1 aromatic heterocycles. The topological polar surface area (TPSA) is 38.0 Å². The van der Waals surface area contributed by atoms with E-state index >= 15 is 0 Å². The molecule has 0 bridgehead atoms. The fourth-order valence-corrected chi connectivity index (χ4v) is 4.95. The van der Waals surface area contributed by atoms with Gasteiger partial charge in [-0.1, -0.05) is 39.0 Å². The van der Waals surface area contributed by atoms with Crippen molar-refractivity contribution in [1.82, 2.24) is 5.43 Å². The van der Waals surface area contributed by atoms with Gasteiger partial charge < -0.3 is 0 Å². The van der Waals surface area contributed by atoms with Crippen LogP contribution in [0.5, 0.6) is 0 Å². The van der Waals surface area contributed by atoms with Crippen LogP contribution in [0, 0.1) is 11.8 Å². The van der Waals surface area contributed by atoms with E-state index in [1.807, 2.05) is 11.3 Å². The van der Waals surface area contributed by atoms with Gasteiger partial charge in [-0.05, 0) is 59.2 Å². The molecule has 0 spiro atoms. The molecule has 0 amide bonds. The molecule has 2 rings (SSSR count). The first kappa shape index (κ1) is 16.5. The van der Waals surface area contributed by atoms with Crippen molar-refractivity contribution in [3.63, 3.8) is 0 Å². The SMILES string of the molecule is CCCCC1CCC(C(Cc2ccc(Br)s2)NN)CC1. The molecule has 1 unspecified atom stereocenters. The Morgan fingerprint density at radius 1 is 1.35 bits per heavy atom. The summed E-state index contributed by atoms with van der Waals surface area (Å²) >= 11 is 5.37. The second-order valence-electron chi connectivity index (χ2n) is 6.11. The summed E-state index contributed by atoms with van der Waals surface area (Å²) in [5, 5.41) is 0. The van der Waals surface area contributed by atoms with Crippen LogP contribution in [0.2, 0.25) is 0 Å². The molecule has 2 nitrogen and oxygen atoms in total. The highest BCUT2D eigenvalue weighted by molar-refractivity contribution is 9.11. The lowest BCUT2D eigenvalue weighted by atomic mass is 9.76. The molecular formula is C16H27BrN2S. The van der Waals surface area contributed by atoms with Crippen LogP contribution in [0.4, 0.5) is 0 Å². The zero-order valence-corrected chi connectivity index (χ0v) is 14.8. The Balaban J connectivity index is 1.81. The molecule has 1 aliphatic carbocycles. The van der Waals surface area contributed by atoms with Crippen molar-refractivity contribution < 1.29 is 0 Å². The molecule has 114 valence electrons. The van der Waals surface area contributed by atoms with E-state index in [-0.39, 0.29) is 0 Å². The van der Waals surface area contributed by atoms with Crippen LogP contribution in [0.15, 0.2) is 15.9 Å². The molecule has 0 aliphatic heterocycles. The van der Waals surface area contributed by atoms with Gasteiger partial charge in [-0.2, -0.15) is 0 Å². The number of thiophene rings is 1. The van der Waals surface area contributed by atoms with Crippen molar-refractivity contribution in [3.8, 4) is 0 Å². The van der Waals surface area contributed by atoms with Gasteiger partial charge in [0.05, 0.1) is 3.79 Å². The summed E-state index contributed by atoms with van der Waals surface area (Å²) < 4.78 is 1.21. The first-order valence-corrected chi connectivity index (χ1v) is 9.54. The Morgan fingerprint density at radius 2 is 2.10 bits per heavy atom. The molecule has 0 saturated heterocycles. The van der Waals surface area contributed by atoms with Gasteiger partial charge >= 0.3 is 0 Å². The summed E-state index contributed by atoms with van der Waals surface area (Å²) in [6.45, 7) is 2.29. The number of nitrogens with one attached hydrogen (secondary N) is 1. The molecule has 1 atom stereocenters. The Kier molecular flexibility index (Phi) is 7.02. The van der Waals surface area contributed by atoms with E-state index in [9.17, 15) is 0 Å². The number of nitrogens with two attached hydrogens (primary N) is 1. The fraction of sp³-hybridized carbons (Fsp3) is 0.750. The van der Waals surface area contributed by atoms with Crippen molar-refractivity contribution >= 4 is 27.3 Å². The van der Waals surface area contributed by atoms with E-state index in [1.165, 1.54) is 53.6 Å². The minimum atomic E-state index is 0.438. The number of unbranched alkanes of at least 4 members (excludes halogenated alkanes) is 1. The number of rotatable bonds is 7. The third-order valence-corrected chi connectivity index (χ3v) is 6.34. The van der Waals surface area contributed by atoms with E-state index in [1.54, 1.807) is 0 Å². The van der Waals surface area contributed by atoms with Gasteiger partial charge in [0.15, 0.2) is 0 Å². The van der Waals surface area contributed by atoms with Gasteiger partial charge in [0.2, 0.25) is 0 Å². The van der Waals surface area contributed by atoms with E-state index in [4.69, 9.17) is 5.84 Å². The van der Waals surface area contributed by atoms with Crippen molar-refractivity contribution in [2.45, 2.75) is 64.3 Å². The predicted molar refractivity (Wildman–Crippen MR) is 91.8 cm³/mol. The summed E-state index contributed by atoms with van der Waals surface area (Å²) in [4.78, 5) is 1.42. The van der Waals surface area contributed by atoms with Gasteiger partial charge in [0, 0.05) is 10.9 Å². The maximum Gasteiger partial charge on any atom is 0.0701 e.